The normalized spacial score (nSPS) is 17.8. The van der Waals surface area contributed by atoms with E-state index in [1.165, 1.54) is 0 Å². The van der Waals surface area contributed by atoms with Crippen molar-refractivity contribution in [1.82, 2.24) is 0 Å². The Morgan fingerprint density at radius 2 is 2.05 bits per heavy atom. The summed E-state index contributed by atoms with van der Waals surface area (Å²) in [6.45, 7) is 2.02. The fourth-order valence-electron chi connectivity index (χ4n) is 2.14. The molecule has 112 valence electrons. The van der Waals surface area contributed by atoms with E-state index in [-0.39, 0.29) is 18.8 Å². The summed E-state index contributed by atoms with van der Waals surface area (Å²) in [7, 11) is 0. The van der Waals surface area contributed by atoms with E-state index >= 15 is 0 Å². The smallest absolute Gasteiger partial charge is 0.374 e. The maximum absolute atomic E-state index is 11.5. The first-order valence-electron chi connectivity index (χ1n) is 6.58. The molecule has 21 heavy (non-hydrogen) atoms. The summed E-state index contributed by atoms with van der Waals surface area (Å²) in [4.78, 5) is 22.9. The van der Waals surface area contributed by atoms with Gasteiger partial charge in [-0.05, 0) is 31.0 Å². The van der Waals surface area contributed by atoms with Gasteiger partial charge in [0.2, 0.25) is 5.76 Å². The summed E-state index contributed by atoms with van der Waals surface area (Å²) in [5, 5.41) is 10.4. The van der Waals surface area contributed by atoms with Gasteiger partial charge in [0, 0.05) is 17.0 Å². The van der Waals surface area contributed by atoms with Crippen LogP contribution in [-0.4, -0.2) is 29.8 Å². The van der Waals surface area contributed by atoms with E-state index in [0.717, 1.165) is 0 Å². The molecule has 1 unspecified atom stereocenters. The zero-order chi connectivity index (χ0) is 15.4. The summed E-state index contributed by atoms with van der Waals surface area (Å²) in [6.07, 6.45) is -0.300. The van der Waals surface area contributed by atoms with Crippen LogP contribution in [0, 0.1) is 0 Å². The molecule has 2 rings (SSSR count). The first-order chi connectivity index (χ1) is 10.0. The Morgan fingerprint density at radius 3 is 2.67 bits per heavy atom. The van der Waals surface area contributed by atoms with Gasteiger partial charge in [-0.2, -0.15) is 0 Å². The van der Waals surface area contributed by atoms with Crippen molar-refractivity contribution in [2.75, 3.05) is 6.61 Å². The molecule has 0 aliphatic carbocycles. The van der Waals surface area contributed by atoms with E-state index in [0.29, 0.717) is 22.8 Å². The number of rotatable bonds is 5. The number of carbonyl (C=O) groups is 2. The lowest BCUT2D eigenvalue weighted by molar-refractivity contribution is -0.146. The minimum atomic E-state index is -0.784. The molecular weight excluding hydrogens is 296 g/mol. The summed E-state index contributed by atoms with van der Waals surface area (Å²) < 4.78 is 9.93. The van der Waals surface area contributed by atoms with E-state index in [9.17, 15) is 14.7 Å². The lowest BCUT2D eigenvalue weighted by atomic mass is 9.97. The van der Waals surface area contributed by atoms with Gasteiger partial charge in [0.25, 0.3) is 0 Å². The van der Waals surface area contributed by atoms with E-state index in [4.69, 9.17) is 21.1 Å². The number of esters is 2. The van der Waals surface area contributed by atoms with Crippen LogP contribution >= 0.6 is 11.6 Å². The Kier molecular flexibility index (Phi) is 4.85. The maximum atomic E-state index is 11.5. The van der Waals surface area contributed by atoms with Crippen LogP contribution in [0.2, 0.25) is 5.02 Å². The number of ether oxygens (including phenoxy) is 2. The van der Waals surface area contributed by atoms with Crippen molar-refractivity contribution < 1.29 is 24.2 Å². The quantitative estimate of drug-likeness (QED) is 0.847. The highest BCUT2D eigenvalue weighted by atomic mass is 35.5. The maximum Gasteiger partial charge on any atom is 0.374 e. The average molecular weight is 311 g/mol. The fourth-order valence-corrected chi connectivity index (χ4v) is 2.27. The van der Waals surface area contributed by atoms with E-state index in [1.54, 1.807) is 31.2 Å². The summed E-state index contributed by atoms with van der Waals surface area (Å²) in [5.74, 6) is -1.57. The van der Waals surface area contributed by atoms with Gasteiger partial charge in [0.1, 0.15) is 6.10 Å². The molecule has 0 fully saturated rings. The molecule has 0 saturated carbocycles. The largest absolute Gasteiger partial charge is 0.502 e. The molecule has 1 aromatic rings. The zero-order valence-electron chi connectivity index (χ0n) is 11.5. The third-order valence-corrected chi connectivity index (χ3v) is 3.34. The van der Waals surface area contributed by atoms with Gasteiger partial charge in [-0.1, -0.05) is 23.7 Å². The van der Waals surface area contributed by atoms with Crippen molar-refractivity contribution in [2.24, 2.45) is 0 Å². The summed E-state index contributed by atoms with van der Waals surface area (Å²) in [5.41, 5.74) is 1.01. The molecule has 1 heterocycles. The lowest BCUT2D eigenvalue weighted by Gasteiger charge is -2.13. The zero-order valence-corrected chi connectivity index (χ0v) is 12.2. The number of halogens is 1. The average Bonchev–Trinajstić information content (AvgIpc) is 2.74. The van der Waals surface area contributed by atoms with Crippen LogP contribution in [0.3, 0.4) is 0 Å². The Balaban J connectivity index is 2.16. The van der Waals surface area contributed by atoms with Crippen LogP contribution in [-0.2, 0) is 19.1 Å². The highest BCUT2D eigenvalue weighted by molar-refractivity contribution is 6.30. The number of hydrogen-bond acceptors (Lipinski definition) is 5. The Morgan fingerprint density at radius 1 is 1.38 bits per heavy atom. The van der Waals surface area contributed by atoms with Crippen LogP contribution in [0.4, 0.5) is 0 Å². The van der Waals surface area contributed by atoms with Gasteiger partial charge in [-0.15, -0.1) is 0 Å². The lowest BCUT2D eigenvalue weighted by Crippen LogP contribution is -2.14. The second-order valence-electron chi connectivity index (χ2n) is 4.51. The number of cyclic esters (lactones) is 1. The summed E-state index contributed by atoms with van der Waals surface area (Å²) >= 11 is 5.82. The SMILES string of the molecule is CCOC(=O)CCC1OC(=O)C(O)=C1c1ccc(Cl)cc1. The number of carbonyl (C=O) groups excluding carboxylic acids is 2. The number of hydrogen-bond donors (Lipinski definition) is 1. The van der Waals surface area contributed by atoms with Crippen molar-refractivity contribution in [2.45, 2.75) is 25.9 Å². The van der Waals surface area contributed by atoms with Crippen molar-refractivity contribution in [3.63, 3.8) is 0 Å². The predicted molar refractivity (Wildman–Crippen MR) is 76.7 cm³/mol. The first-order valence-corrected chi connectivity index (χ1v) is 6.96. The van der Waals surface area contributed by atoms with Crippen molar-refractivity contribution in [3.8, 4) is 0 Å². The molecule has 1 atom stereocenters. The van der Waals surface area contributed by atoms with Gasteiger partial charge in [0.15, 0.2) is 0 Å². The van der Waals surface area contributed by atoms with E-state index in [2.05, 4.69) is 0 Å². The molecule has 1 N–H and O–H groups in total. The molecule has 0 radical (unpaired) electrons. The predicted octanol–water partition coefficient (Wildman–Crippen LogP) is 2.88. The molecule has 0 bridgehead atoms. The standard InChI is InChI=1S/C15H15ClO5/c1-2-20-12(17)8-7-11-13(14(18)15(19)21-11)9-3-5-10(16)6-4-9/h3-6,11,18H,2,7-8H2,1H3. The third kappa shape index (κ3) is 3.55. The fraction of sp³-hybridized carbons (Fsp3) is 0.333. The second kappa shape index (κ2) is 6.63. The minimum Gasteiger partial charge on any atom is -0.502 e. The van der Waals surface area contributed by atoms with Gasteiger partial charge in [-0.25, -0.2) is 4.79 Å². The number of benzene rings is 1. The minimum absolute atomic E-state index is 0.107. The molecule has 5 nitrogen and oxygen atoms in total. The van der Waals surface area contributed by atoms with Crippen LogP contribution in [0.5, 0.6) is 0 Å². The van der Waals surface area contributed by atoms with E-state index in [1.807, 2.05) is 0 Å². The molecule has 1 aliphatic heterocycles. The Hall–Kier alpha value is -2.01. The molecule has 0 amide bonds. The highest BCUT2D eigenvalue weighted by Gasteiger charge is 2.35. The van der Waals surface area contributed by atoms with Crippen LogP contribution < -0.4 is 0 Å². The number of aliphatic hydroxyl groups excluding tert-OH is 1. The molecule has 1 aromatic carbocycles. The molecular formula is C15H15ClO5. The van der Waals surface area contributed by atoms with Crippen LogP contribution in [0.1, 0.15) is 25.3 Å². The molecule has 0 saturated heterocycles. The molecule has 1 aliphatic rings. The monoisotopic (exact) mass is 310 g/mol. The van der Waals surface area contributed by atoms with Crippen molar-refractivity contribution >= 4 is 29.1 Å². The van der Waals surface area contributed by atoms with Crippen molar-refractivity contribution in [3.05, 3.63) is 40.6 Å². The summed E-state index contributed by atoms with van der Waals surface area (Å²) in [6, 6.07) is 6.69. The highest BCUT2D eigenvalue weighted by Crippen LogP contribution is 2.33. The van der Waals surface area contributed by atoms with Gasteiger partial charge in [-0.3, -0.25) is 4.79 Å². The first kappa shape index (κ1) is 15.4. The van der Waals surface area contributed by atoms with Crippen LogP contribution in [0.15, 0.2) is 30.0 Å². The van der Waals surface area contributed by atoms with Crippen LogP contribution in [0.25, 0.3) is 5.57 Å². The van der Waals surface area contributed by atoms with Gasteiger partial charge in [0.05, 0.1) is 6.61 Å². The third-order valence-electron chi connectivity index (χ3n) is 3.09. The topological polar surface area (TPSA) is 72.8 Å². The molecule has 0 spiro atoms. The Bertz CT molecular complexity index is 576. The number of aliphatic hydroxyl groups is 1. The van der Waals surface area contributed by atoms with Gasteiger partial charge >= 0.3 is 11.9 Å². The second-order valence-corrected chi connectivity index (χ2v) is 4.94. The van der Waals surface area contributed by atoms with E-state index < -0.39 is 17.8 Å². The Labute approximate surface area is 127 Å². The molecule has 6 heteroatoms. The molecule has 0 aromatic heterocycles. The van der Waals surface area contributed by atoms with Crippen molar-refractivity contribution in [1.29, 1.82) is 0 Å². The van der Waals surface area contributed by atoms with Gasteiger partial charge < -0.3 is 14.6 Å².